The van der Waals surface area contributed by atoms with Gasteiger partial charge in [-0.15, -0.1) is 0 Å². The Kier molecular flexibility index (Phi) is 6.18. The van der Waals surface area contributed by atoms with Crippen molar-refractivity contribution < 1.29 is 14.3 Å². The topological polar surface area (TPSA) is 68.6 Å². The molecule has 3 aromatic rings. The second-order valence-electron chi connectivity index (χ2n) is 7.57. The van der Waals surface area contributed by atoms with Crippen LogP contribution >= 0.6 is 0 Å². The van der Waals surface area contributed by atoms with Gasteiger partial charge in [-0.25, -0.2) is 0 Å². The molecule has 158 valence electrons. The van der Waals surface area contributed by atoms with E-state index >= 15 is 0 Å². The van der Waals surface area contributed by atoms with E-state index in [0.29, 0.717) is 6.54 Å². The molecule has 0 radical (unpaired) electrons. The number of para-hydroxylation sites is 1. The smallest absolute Gasteiger partial charge is 0.241 e. The molecule has 2 aromatic carbocycles. The molecule has 1 aliphatic heterocycles. The fourth-order valence-electron chi connectivity index (χ4n) is 3.81. The summed E-state index contributed by atoms with van der Waals surface area (Å²) in [7, 11) is 1.67. The second kappa shape index (κ2) is 9.17. The summed E-state index contributed by atoms with van der Waals surface area (Å²) in [6, 6.07) is 13.8. The van der Waals surface area contributed by atoms with Crippen LogP contribution in [0.1, 0.15) is 18.9 Å². The Labute approximate surface area is 176 Å². The molecule has 0 saturated carbocycles. The number of nitrogens with one attached hydrogen (secondary N) is 1. The summed E-state index contributed by atoms with van der Waals surface area (Å²) < 4.78 is 13.3. The first-order valence-electron chi connectivity index (χ1n) is 10.4. The zero-order chi connectivity index (χ0) is 20.9. The van der Waals surface area contributed by atoms with E-state index < -0.39 is 0 Å². The molecule has 7 heteroatoms. The van der Waals surface area contributed by atoms with Gasteiger partial charge >= 0.3 is 0 Å². The lowest BCUT2D eigenvalue weighted by Gasteiger charge is -2.23. The van der Waals surface area contributed by atoms with Gasteiger partial charge in [-0.05, 0) is 30.7 Å². The Morgan fingerprint density at radius 1 is 1.30 bits per heavy atom. The van der Waals surface area contributed by atoms with Crippen LogP contribution in [0.5, 0.6) is 11.5 Å². The lowest BCUT2D eigenvalue weighted by molar-refractivity contribution is -0.121. The van der Waals surface area contributed by atoms with Crippen molar-refractivity contribution in [1.82, 2.24) is 20.0 Å². The van der Waals surface area contributed by atoms with Crippen molar-refractivity contribution in [2.75, 3.05) is 26.7 Å². The van der Waals surface area contributed by atoms with Crippen LogP contribution in [0.25, 0.3) is 10.9 Å². The van der Waals surface area contributed by atoms with Crippen molar-refractivity contribution >= 4 is 16.8 Å². The number of ether oxygens (including phenoxy) is 2. The minimum atomic E-state index is -0.0379. The Balaban J connectivity index is 1.34. The van der Waals surface area contributed by atoms with Gasteiger partial charge in [0.05, 0.1) is 18.8 Å². The molecule has 30 heavy (non-hydrogen) atoms. The van der Waals surface area contributed by atoms with Crippen LogP contribution in [0.3, 0.4) is 0 Å². The molecule has 0 aliphatic carbocycles. The highest BCUT2D eigenvalue weighted by Crippen LogP contribution is 2.29. The summed E-state index contributed by atoms with van der Waals surface area (Å²) in [5.74, 6) is 1.70. The highest BCUT2D eigenvalue weighted by atomic mass is 16.5. The molecule has 1 aromatic heterocycles. The summed E-state index contributed by atoms with van der Waals surface area (Å²) in [5, 5.41) is 8.39. The van der Waals surface area contributed by atoms with Gasteiger partial charge < -0.3 is 14.8 Å². The van der Waals surface area contributed by atoms with Gasteiger partial charge in [-0.2, -0.15) is 5.10 Å². The monoisotopic (exact) mass is 408 g/mol. The third kappa shape index (κ3) is 4.57. The maximum atomic E-state index is 12.4. The third-order valence-electron chi connectivity index (χ3n) is 5.47. The molecule has 0 unspecified atom stereocenters. The molecular weight excluding hydrogens is 380 g/mol. The summed E-state index contributed by atoms with van der Waals surface area (Å²) in [5.41, 5.74) is 2.08. The van der Waals surface area contributed by atoms with Gasteiger partial charge in [-0.1, -0.05) is 25.1 Å². The molecule has 0 bridgehead atoms. The van der Waals surface area contributed by atoms with Crippen molar-refractivity contribution in [3.63, 3.8) is 0 Å². The molecular formula is C23H28N4O3. The van der Waals surface area contributed by atoms with Gasteiger partial charge in [0.25, 0.3) is 0 Å². The minimum Gasteiger partial charge on any atom is -0.497 e. The van der Waals surface area contributed by atoms with Crippen LogP contribution in [0, 0.1) is 0 Å². The van der Waals surface area contributed by atoms with Crippen LogP contribution in [-0.2, 0) is 17.9 Å². The summed E-state index contributed by atoms with van der Waals surface area (Å²) in [6.07, 6.45) is 2.85. The number of aromatic nitrogens is 2. The molecule has 1 aliphatic rings. The number of amides is 1. The van der Waals surface area contributed by atoms with Crippen molar-refractivity contribution in [1.29, 1.82) is 0 Å². The van der Waals surface area contributed by atoms with E-state index in [9.17, 15) is 4.79 Å². The first kappa shape index (κ1) is 20.2. The standard InChI is InChI=1S/C23H28N4O3/c1-3-19-15-26(14-18-12-20(29-2)8-9-22(18)30-19)11-10-24-23(28)16-27-21-7-5-4-6-17(21)13-25-27/h4-9,12-13,19H,3,10-11,14-16H2,1-2H3,(H,24,28)/t19-/m1/s1. The van der Waals surface area contributed by atoms with Crippen LogP contribution in [0.15, 0.2) is 48.7 Å². The van der Waals surface area contributed by atoms with E-state index in [1.807, 2.05) is 42.5 Å². The number of benzene rings is 2. The maximum Gasteiger partial charge on any atom is 0.241 e. The fourth-order valence-corrected chi connectivity index (χ4v) is 3.81. The first-order chi connectivity index (χ1) is 14.7. The molecule has 4 rings (SSSR count). The first-order valence-corrected chi connectivity index (χ1v) is 10.4. The number of carbonyl (C=O) groups is 1. The number of carbonyl (C=O) groups excluding carboxylic acids is 1. The van der Waals surface area contributed by atoms with E-state index in [0.717, 1.165) is 54.0 Å². The molecule has 0 spiro atoms. The van der Waals surface area contributed by atoms with Crippen molar-refractivity contribution in [2.24, 2.45) is 0 Å². The zero-order valence-electron chi connectivity index (χ0n) is 17.5. The number of nitrogens with zero attached hydrogens (tertiary/aromatic N) is 3. The van der Waals surface area contributed by atoms with Gasteiger partial charge in [0.15, 0.2) is 0 Å². The minimum absolute atomic E-state index is 0.0379. The molecule has 1 atom stereocenters. The van der Waals surface area contributed by atoms with Crippen molar-refractivity contribution in [3.8, 4) is 11.5 Å². The highest BCUT2D eigenvalue weighted by Gasteiger charge is 2.22. The summed E-state index contributed by atoms with van der Waals surface area (Å²) >= 11 is 0. The normalized spacial score (nSPS) is 16.5. The highest BCUT2D eigenvalue weighted by molar-refractivity contribution is 5.81. The largest absolute Gasteiger partial charge is 0.497 e. The van der Waals surface area contributed by atoms with Crippen LogP contribution in [0.2, 0.25) is 0 Å². The number of hydrogen-bond donors (Lipinski definition) is 1. The second-order valence-corrected chi connectivity index (χ2v) is 7.57. The molecule has 0 fully saturated rings. The number of hydrogen-bond acceptors (Lipinski definition) is 5. The molecule has 1 N–H and O–H groups in total. The Morgan fingerprint density at radius 3 is 3.00 bits per heavy atom. The van der Waals surface area contributed by atoms with Crippen molar-refractivity contribution in [3.05, 3.63) is 54.2 Å². The molecule has 7 nitrogen and oxygen atoms in total. The fraction of sp³-hybridized carbons (Fsp3) is 0.391. The lowest BCUT2D eigenvalue weighted by atomic mass is 10.2. The lowest BCUT2D eigenvalue weighted by Crippen LogP contribution is -2.39. The summed E-state index contributed by atoms with van der Waals surface area (Å²) in [6.45, 7) is 5.27. The van der Waals surface area contributed by atoms with E-state index in [-0.39, 0.29) is 18.6 Å². The average molecular weight is 409 g/mol. The van der Waals surface area contributed by atoms with E-state index in [2.05, 4.69) is 22.2 Å². The van der Waals surface area contributed by atoms with Gasteiger partial charge in [-0.3, -0.25) is 14.4 Å². The summed E-state index contributed by atoms with van der Waals surface area (Å²) in [4.78, 5) is 14.8. The van der Waals surface area contributed by atoms with Crippen LogP contribution < -0.4 is 14.8 Å². The Bertz CT molecular complexity index is 1020. The number of fused-ring (bicyclic) bond motifs is 2. The molecule has 0 saturated heterocycles. The quantitative estimate of drug-likeness (QED) is 0.651. The Morgan fingerprint density at radius 2 is 2.17 bits per heavy atom. The average Bonchev–Trinajstić information content (AvgIpc) is 3.07. The van der Waals surface area contributed by atoms with E-state index in [1.54, 1.807) is 18.0 Å². The SMILES string of the molecule is CC[C@@H]1CN(CCNC(=O)Cn2ncc3ccccc32)Cc2cc(OC)ccc2O1. The van der Waals surface area contributed by atoms with Gasteiger partial charge in [0.1, 0.15) is 24.1 Å². The van der Waals surface area contributed by atoms with E-state index in [1.165, 1.54) is 0 Å². The molecule has 2 heterocycles. The van der Waals surface area contributed by atoms with Crippen molar-refractivity contribution in [2.45, 2.75) is 32.5 Å². The van der Waals surface area contributed by atoms with Gasteiger partial charge in [0.2, 0.25) is 5.91 Å². The number of methoxy groups -OCH3 is 1. The third-order valence-corrected chi connectivity index (χ3v) is 5.47. The predicted molar refractivity (Wildman–Crippen MR) is 116 cm³/mol. The van der Waals surface area contributed by atoms with Crippen LogP contribution in [0.4, 0.5) is 0 Å². The van der Waals surface area contributed by atoms with Gasteiger partial charge in [0, 0.05) is 37.1 Å². The van der Waals surface area contributed by atoms with E-state index in [4.69, 9.17) is 9.47 Å². The van der Waals surface area contributed by atoms with Crippen LogP contribution in [-0.4, -0.2) is 53.4 Å². The maximum absolute atomic E-state index is 12.4. The molecule has 1 amide bonds. The predicted octanol–water partition coefficient (Wildman–Crippen LogP) is 2.83. The Hall–Kier alpha value is -3.06. The number of rotatable bonds is 7. The zero-order valence-corrected chi connectivity index (χ0v) is 17.5.